The van der Waals surface area contributed by atoms with Crippen LogP contribution in [0.15, 0.2) is 73.1 Å². The van der Waals surface area contributed by atoms with Gasteiger partial charge < -0.3 is 10.6 Å². The van der Waals surface area contributed by atoms with E-state index in [1.807, 2.05) is 60.7 Å². The Balaban J connectivity index is 1.53. The van der Waals surface area contributed by atoms with Gasteiger partial charge in [0.25, 0.3) is 0 Å². The van der Waals surface area contributed by atoms with E-state index in [-0.39, 0.29) is 0 Å². The van der Waals surface area contributed by atoms with Crippen molar-refractivity contribution >= 4 is 40.0 Å². The molecule has 0 radical (unpaired) electrons. The van der Waals surface area contributed by atoms with Gasteiger partial charge in [-0.1, -0.05) is 48.0 Å². The highest BCUT2D eigenvalue weighted by atomic mass is 35.5. The first-order valence-corrected chi connectivity index (χ1v) is 8.58. The molecule has 0 saturated carbocycles. The fourth-order valence-corrected chi connectivity index (χ4v) is 2.88. The minimum absolute atomic E-state index is 0.531. The van der Waals surface area contributed by atoms with Crippen LogP contribution in [0.4, 0.5) is 17.5 Å². The Morgan fingerprint density at radius 1 is 0.846 bits per heavy atom. The van der Waals surface area contributed by atoms with Gasteiger partial charge in [-0.2, -0.15) is 4.98 Å². The van der Waals surface area contributed by atoms with Gasteiger partial charge >= 0.3 is 0 Å². The molecule has 0 aliphatic heterocycles. The average Bonchev–Trinajstić information content (AvgIpc) is 2.68. The molecular weight excluding hydrogens is 346 g/mol. The van der Waals surface area contributed by atoms with Gasteiger partial charge in [-0.25, -0.2) is 4.98 Å². The van der Waals surface area contributed by atoms with E-state index in [4.69, 9.17) is 11.6 Å². The number of rotatable bonds is 5. The van der Waals surface area contributed by atoms with Crippen LogP contribution in [-0.4, -0.2) is 15.0 Å². The smallest absolute Gasteiger partial charge is 0.224 e. The highest BCUT2D eigenvalue weighted by Gasteiger charge is 2.05. The second-order valence-corrected chi connectivity index (χ2v) is 6.12. The molecule has 4 rings (SSSR count). The third-order valence-corrected chi connectivity index (χ3v) is 4.31. The van der Waals surface area contributed by atoms with Crippen LogP contribution in [0.3, 0.4) is 0 Å². The summed E-state index contributed by atoms with van der Waals surface area (Å²) in [6.07, 6.45) is 3.49. The summed E-state index contributed by atoms with van der Waals surface area (Å²) in [5, 5.41) is 8.31. The predicted octanol–water partition coefficient (Wildman–Crippen LogP) is 5.03. The van der Waals surface area contributed by atoms with E-state index < -0.39 is 0 Å². The number of aromatic nitrogens is 3. The SMILES string of the molecule is Clc1ccccc1CNc1nccc(Nc2cccc3cccnc23)n1. The quantitative estimate of drug-likeness (QED) is 0.521. The van der Waals surface area contributed by atoms with E-state index in [1.165, 1.54) is 0 Å². The Kier molecular flexibility index (Phi) is 4.62. The molecule has 0 fully saturated rings. The average molecular weight is 362 g/mol. The Morgan fingerprint density at radius 2 is 1.73 bits per heavy atom. The Labute approximate surface area is 156 Å². The zero-order chi connectivity index (χ0) is 17.8. The fraction of sp³-hybridized carbons (Fsp3) is 0.0500. The van der Waals surface area contributed by atoms with E-state index in [9.17, 15) is 0 Å². The summed E-state index contributed by atoms with van der Waals surface area (Å²) < 4.78 is 0. The second-order valence-electron chi connectivity index (χ2n) is 5.72. The molecule has 26 heavy (non-hydrogen) atoms. The molecule has 0 unspecified atom stereocenters. The highest BCUT2D eigenvalue weighted by Crippen LogP contribution is 2.24. The third-order valence-electron chi connectivity index (χ3n) is 3.95. The summed E-state index contributed by atoms with van der Waals surface area (Å²) in [7, 11) is 0. The summed E-state index contributed by atoms with van der Waals surface area (Å²) >= 11 is 6.18. The van der Waals surface area contributed by atoms with Crippen LogP contribution in [0.5, 0.6) is 0 Å². The van der Waals surface area contributed by atoms with Crippen molar-refractivity contribution in [3.63, 3.8) is 0 Å². The van der Waals surface area contributed by atoms with E-state index >= 15 is 0 Å². The number of para-hydroxylation sites is 1. The maximum Gasteiger partial charge on any atom is 0.224 e. The summed E-state index contributed by atoms with van der Waals surface area (Å²) in [6, 6.07) is 19.5. The van der Waals surface area contributed by atoms with Crippen molar-refractivity contribution in [1.29, 1.82) is 0 Å². The van der Waals surface area contributed by atoms with Crippen LogP contribution in [-0.2, 0) is 6.54 Å². The van der Waals surface area contributed by atoms with Crippen molar-refractivity contribution in [2.24, 2.45) is 0 Å². The Bertz CT molecular complexity index is 1050. The number of pyridine rings is 1. The third kappa shape index (κ3) is 3.58. The zero-order valence-electron chi connectivity index (χ0n) is 13.9. The first-order valence-electron chi connectivity index (χ1n) is 8.21. The van der Waals surface area contributed by atoms with E-state index in [2.05, 4.69) is 25.6 Å². The lowest BCUT2D eigenvalue weighted by Gasteiger charge is -2.10. The number of nitrogens with zero attached hydrogens (tertiary/aromatic N) is 3. The van der Waals surface area contributed by atoms with Gasteiger partial charge in [0.2, 0.25) is 5.95 Å². The highest BCUT2D eigenvalue weighted by molar-refractivity contribution is 6.31. The lowest BCUT2D eigenvalue weighted by atomic mass is 10.2. The molecule has 2 heterocycles. The molecule has 2 aromatic carbocycles. The number of nitrogens with one attached hydrogen (secondary N) is 2. The van der Waals surface area contributed by atoms with Gasteiger partial charge in [0, 0.05) is 29.3 Å². The minimum atomic E-state index is 0.531. The predicted molar refractivity (Wildman–Crippen MR) is 106 cm³/mol. The molecule has 2 N–H and O–H groups in total. The standard InChI is InChI=1S/C20H16ClN5/c21-16-8-2-1-5-15(16)13-24-20-23-12-10-18(26-20)25-17-9-3-6-14-7-4-11-22-19(14)17/h1-12H,13H2,(H2,23,24,25,26). The summed E-state index contributed by atoms with van der Waals surface area (Å²) in [5.74, 6) is 1.22. The second kappa shape index (κ2) is 7.37. The molecule has 128 valence electrons. The number of hydrogen-bond acceptors (Lipinski definition) is 5. The first kappa shape index (κ1) is 16.3. The van der Waals surface area contributed by atoms with Crippen molar-refractivity contribution in [2.75, 3.05) is 10.6 Å². The summed E-state index contributed by atoms with van der Waals surface area (Å²) in [5.41, 5.74) is 2.80. The molecule has 2 aromatic heterocycles. The van der Waals surface area contributed by atoms with Gasteiger partial charge in [-0.3, -0.25) is 4.98 Å². The number of benzene rings is 2. The van der Waals surface area contributed by atoms with Crippen molar-refractivity contribution in [3.8, 4) is 0 Å². The van der Waals surface area contributed by atoms with E-state index in [0.717, 1.165) is 27.2 Å². The number of halogens is 1. The van der Waals surface area contributed by atoms with Crippen LogP contribution >= 0.6 is 11.6 Å². The van der Waals surface area contributed by atoms with Crippen LogP contribution in [0, 0.1) is 0 Å². The van der Waals surface area contributed by atoms with Crippen molar-refractivity contribution in [3.05, 3.63) is 83.6 Å². The van der Waals surface area contributed by atoms with Crippen molar-refractivity contribution < 1.29 is 0 Å². The van der Waals surface area contributed by atoms with Crippen LogP contribution in [0.1, 0.15) is 5.56 Å². The molecule has 0 aliphatic carbocycles. The fourth-order valence-electron chi connectivity index (χ4n) is 2.67. The summed E-state index contributed by atoms with van der Waals surface area (Å²) in [4.78, 5) is 13.2. The van der Waals surface area contributed by atoms with Crippen LogP contribution < -0.4 is 10.6 Å². The van der Waals surface area contributed by atoms with Crippen LogP contribution in [0.25, 0.3) is 10.9 Å². The normalized spacial score (nSPS) is 10.7. The molecule has 0 bridgehead atoms. The maximum absolute atomic E-state index is 6.18. The Morgan fingerprint density at radius 3 is 2.65 bits per heavy atom. The van der Waals surface area contributed by atoms with Gasteiger partial charge in [0.1, 0.15) is 5.82 Å². The van der Waals surface area contributed by atoms with Crippen molar-refractivity contribution in [1.82, 2.24) is 15.0 Å². The number of fused-ring (bicyclic) bond motifs is 1. The molecule has 0 spiro atoms. The number of anilines is 3. The molecule has 0 aliphatic rings. The largest absolute Gasteiger partial charge is 0.350 e. The zero-order valence-corrected chi connectivity index (χ0v) is 14.6. The molecule has 4 aromatic rings. The Hall–Kier alpha value is -3.18. The lowest BCUT2D eigenvalue weighted by molar-refractivity contribution is 1.06. The first-order chi connectivity index (χ1) is 12.8. The van der Waals surface area contributed by atoms with Gasteiger partial charge in [0.15, 0.2) is 0 Å². The molecule has 5 nitrogen and oxygen atoms in total. The topological polar surface area (TPSA) is 62.7 Å². The van der Waals surface area contributed by atoms with Gasteiger partial charge in [-0.15, -0.1) is 0 Å². The molecule has 0 amide bonds. The molecule has 0 saturated heterocycles. The van der Waals surface area contributed by atoms with Gasteiger partial charge in [-0.05, 0) is 29.8 Å². The minimum Gasteiger partial charge on any atom is -0.350 e. The van der Waals surface area contributed by atoms with Gasteiger partial charge in [0.05, 0.1) is 11.2 Å². The summed E-state index contributed by atoms with van der Waals surface area (Å²) in [6.45, 7) is 0.555. The van der Waals surface area contributed by atoms with Crippen molar-refractivity contribution in [2.45, 2.75) is 6.54 Å². The van der Waals surface area contributed by atoms with E-state index in [1.54, 1.807) is 12.4 Å². The molecular formula is C20H16ClN5. The lowest BCUT2D eigenvalue weighted by Crippen LogP contribution is -2.05. The molecule has 6 heteroatoms. The van der Waals surface area contributed by atoms with Crippen LogP contribution in [0.2, 0.25) is 5.02 Å². The maximum atomic E-state index is 6.18. The molecule has 0 atom stereocenters. The number of hydrogen-bond donors (Lipinski definition) is 2. The monoisotopic (exact) mass is 361 g/mol. The van der Waals surface area contributed by atoms with E-state index in [0.29, 0.717) is 18.3 Å².